The van der Waals surface area contributed by atoms with Crippen LogP contribution in [-0.4, -0.2) is 42.2 Å². The third-order valence-corrected chi connectivity index (χ3v) is 5.06. The minimum atomic E-state index is -0.411. The van der Waals surface area contributed by atoms with Gasteiger partial charge in [0.25, 0.3) is 11.6 Å². The lowest BCUT2D eigenvalue weighted by atomic mass is 9.93. The van der Waals surface area contributed by atoms with Crippen molar-refractivity contribution in [2.75, 3.05) is 25.0 Å². The van der Waals surface area contributed by atoms with Crippen LogP contribution in [0.2, 0.25) is 0 Å². The second kappa shape index (κ2) is 6.29. The molecule has 3 rings (SSSR count). The Morgan fingerprint density at radius 3 is 2.56 bits per heavy atom. The van der Waals surface area contributed by atoms with Gasteiger partial charge < -0.3 is 15.0 Å². The molecule has 1 heterocycles. The maximum atomic E-state index is 11.8. The number of nitrogens with zero attached hydrogens (tertiary/aromatic N) is 2. The van der Waals surface area contributed by atoms with E-state index in [2.05, 4.69) is 10.2 Å². The number of rotatable bonds is 3. The zero-order valence-corrected chi connectivity index (χ0v) is 15.0. The Morgan fingerprint density at radius 1 is 1.28 bits per heavy atom. The van der Waals surface area contributed by atoms with Gasteiger partial charge in [-0.2, -0.15) is 0 Å². The van der Waals surface area contributed by atoms with Crippen LogP contribution in [0.15, 0.2) is 18.2 Å². The second-order valence-electron chi connectivity index (χ2n) is 7.65. The molecule has 1 N–H and O–H groups in total. The highest BCUT2D eigenvalue weighted by molar-refractivity contribution is 5.95. The fourth-order valence-electron chi connectivity index (χ4n) is 4.19. The largest absolute Gasteiger partial charge is 0.365 e. The zero-order chi connectivity index (χ0) is 18.2. The van der Waals surface area contributed by atoms with Crippen molar-refractivity contribution in [3.63, 3.8) is 0 Å². The maximum Gasteiger partial charge on any atom is 0.293 e. The van der Waals surface area contributed by atoms with Gasteiger partial charge in [0.05, 0.1) is 16.1 Å². The number of benzene rings is 1. The predicted octanol–water partition coefficient (Wildman–Crippen LogP) is 2.88. The molecule has 0 atom stereocenters. The number of amides is 1. The summed E-state index contributed by atoms with van der Waals surface area (Å²) < 4.78 is 6.38. The maximum absolute atomic E-state index is 11.8. The highest BCUT2D eigenvalue weighted by Gasteiger charge is 2.46. The van der Waals surface area contributed by atoms with Crippen LogP contribution < -0.4 is 10.2 Å². The fraction of sp³-hybridized carbons (Fsp3) is 0.611. The van der Waals surface area contributed by atoms with E-state index in [1.54, 1.807) is 12.1 Å². The summed E-state index contributed by atoms with van der Waals surface area (Å²) in [6, 6.07) is 4.69. The number of carbonyl (C=O) groups is 1. The van der Waals surface area contributed by atoms with Crippen LogP contribution in [-0.2, 0) is 4.74 Å². The summed E-state index contributed by atoms with van der Waals surface area (Å²) in [7, 11) is 1.51. The molecular formula is C18H25N3O4. The van der Waals surface area contributed by atoms with Crippen LogP contribution >= 0.6 is 0 Å². The minimum Gasteiger partial charge on any atom is -0.365 e. The lowest BCUT2D eigenvalue weighted by Gasteiger charge is -2.49. The monoisotopic (exact) mass is 347 g/mol. The molecule has 1 aromatic rings. The summed E-state index contributed by atoms with van der Waals surface area (Å²) in [4.78, 5) is 25.1. The van der Waals surface area contributed by atoms with Crippen molar-refractivity contribution in [1.29, 1.82) is 0 Å². The van der Waals surface area contributed by atoms with E-state index in [1.807, 2.05) is 13.8 Å². The predicted molar refractivity (Wildman–Crippen MR) is 95.1 cm³/mol. The molecule has 136 valence electrons. The standard InChI is InChI=1S/C18H25N3O4/c1-17(2)11-20(12-18(25-17)8-4-5-9-18)14-7-6-13(16(22)19-3)10-15(14)21(23)24/h6-7,10H,4-5,8-9,11-12H2,1-3H3,(H,19,22). The first kappa shape index (κ1) is 17.7. The van der Waals surface area contributed by atoms with Crippen LogP contribution in [0, 0.1) is 10.1 Å². The van der Waals surface area contributed by atoms with Gasteiger partial charge in [0.1, 0.15) is 5.69 Å². The van der Waals surface area contributed by atoms with E-state index in [1.165, 1.54) is 13.1 Å². The van der Waals surface area contributed by atoms with E-state index in [-0.39, 0.29) is 22.8 Å². The van der Waals surface area contributed by atoms with Crippen molar-refractivity contribution in [3.8, 4) is 0 Å². The third-order valence-electron chi connectivity index (χ3n) is 5.06. The van der Waals surface area contributed by atoms with Gasteiger partial charge in [-0.25, -0.2) is 0 Å². The summed E-state index contributed by atoms with van der Waals surface area (Å²) in [6.07, 6.45) is 4.22. The number of carbonyl (C=O) groups excluding carboxylic acids is 1. The molecule has 0 unspecified atom stereocenters. The molecule has 1 saturated heterocycles. The van der Waals surface area contributed by atoms with E-state index in [9.17, 15) is 14.9 Å². The Morgan fingerprint density at radius 2 is 1.96 bits per heavy atom. The van der Waals surface area contributed by atoms with Gasteiger partial charge in [0.15, 0.2) is 0 Å². The van der Waals surface area contributed by atoms with Gasteiger partial charge in [-0.1, -0.05) is 12.8 Å². The summed E-state index contributed by atoms with van der Waals surface area (Å²) in [5, 5.41) is 14.1. The molecule has 25 heavy (non-hydrogen) atoms. The fourth-order valence-corrected chi connectivity index (χ4v) is 4.19. The molecule has 0 radical (unpaired) electrons. The molecule has 7 heteroatoms. The van der Waals surface area contributed by atoms with Gasteiger partial charge in [0.2, 0.25) is 0 Å². The number of morpholine rings is 1. The van der Waals surface area contributed by atoms with Crippen molar-refractivity contribution in [2.24, 2.45) is 0 Å². The number of nitro groups is 1. The molecule has 2 fully saturated rings. The van der Waals surface area contributed by atoms with Crippen molar-refractivity contribution < 1.29 is 14.5 Å². The number of nitrogens with one attached hydrogen (secondary N) is 1. The molecule has 1 aliphatic carbocycles. The van der Waals surface area contributed by atoms with E-state index in [0.29, 0.717) is 24.3 Å². The average molecular weight is 347 g/mol. The van der Waals surface area contributed by atoms with Crippen LogP contribution in [0.25, 0.3) is 0 Å². The molecule has 1 amide bonds. The number of anilines is 1. The van der Waals surface area contributed by atoms with E-state index in [4.69, 9.17) is 4.74 Å². The summed E-state index contributed by atoms with van der Waals surface area (Å²) >= 11 is 0. The Kier molecular flexibility index (Phi) is 4.45. The highest BCUT2D eigenvalue weighted by Crippen LogP contribution is 2.43. The van der Waals surface area contributed by atoms with Gasteiger partial charge in [-0.05, 0) is 38.8 Å². The number of ether oxygens (including phenoxy) is 1. The third kappa shape index (κ3) is 3.46. The van der Waals surface area contributed by atoms with Crippen LogP contribution in [0.5, 0.6) is 0 Å². The zero-order valence-electron chi connectivity index (χ0n) is 15.0. The van der Waals surface area contributed by atoms with Gasteiger partial charge >= 0.3 is 0 Å². The van der Waals surface area contributed by atoms with Crippen molar-refractivity contribution in [3.05, 3.63) is 33.9 Å². The first-order valence-corrected chi connectivity index (χ1v) is 8.71. The Balaban J connectivity index is 1.99. The van der Waals surface area contributed by atoms with Gasteiger partial charge in [-0.15, -0.1) is 0 Å². The van der Waals surface area contributed by atoms with Crippen LogP contribution in [0.3, 0.4) is 0 Å². The molecule has 1 spiro atoms. The van der Waals surface area contributed by atoms with Gasteiger partial charge in [0, 0.05) is 31.8 Å². The molecule has 0 bridgehead atoms. The normalized spacial score (nSPS) is 21.3. The van der Waals surface area contributed by atoms with Crippen molar-refractivity contribution >= 4 is 17.3 Å². The average Bonchev–Trinajstić information content (AvgIpc) is 2.98. The lowest BCUT2D eigenvalue weighted by Crippen LogP contribution is -2.58. The molecule has 7 nitrogen and oxygen atoms in total. The number of hydrogen-bond donors (Lipinski definition) is 1. The molecular weight excluding hydrogens is 322 g/mol. The summed E-state index contributed by atoms with van der Waals surface area (Å²) in [5.41, 5.74) is 0.207. The minimum absolute atomic E-state index is 0.0352. The first-order chi connectivity index (χ1) is 11.8. The molecule has 1 aromatic carbocycles. The second-order valence-corrected chi connectivity index (χ2v) is 7.65. The quantitative estimate of drug-likeness (QED) is 0.671. The SMILES string of the molecule is CNC(=O)c1ccc(N2CC(C)(C)OC3(CCCC3)C2)c([N+](=O)[O-])c1. The number of hydrogen-bond acceptors (Lipinski definition) is 5. The molecule has 2 aliphatic rings. The van der Waals surface area contributed by atoms with E-state index < -0.39 is 4.92 Å². The van der Waals surface area contributed by atoms with E-state index in [0.717, 1.165) is 25.7 Å². The summed E-state index contributed by atoms with van der Waals surface area (Å²) in [5.74, 6) is -0.329. The Hall–Kier alpha value is -2.15. The highest BCUT2D eigenvalue weighted by atomic mass is 16.6. The molecule has 1 aliphatic heterocycles. The Bertz CT molecular complexity index is 696. The molecule has 1 saturated carbocycles. The van der Waals surface area contributed by atoms with Crippen molar-refractivity contribution in [2.45, 2.75) is 50.7 Å². The van der Waals surface area contributed by atoms with Crippen LogP contribution in [0.4, 0.5) is 11.4 Å². The molecule has 0 aromatic heterocycles. The van der Waals surface area contributed by atoms with Gasteiger partial charge in [-0.3, -0.25) is 14.9 Å². The number of nitro benzene ring substituents is 1. The topological polar surface area (TPSA) is 84.7 Å². The smallest absolute Gasteiger partial charge is 0.293 e. The van der Waals surface area contributed by atoms with Crippen LogP contribution in [0.1, 0.15) is 49.9 Å². The Labute approximate surface area is 147 Å². The summed E-state index contributed by atoms with van der Waals surface area (Å²) in [6.45, 7) is 5.29. The lowest BCUT2D eigenvalue weighted by molar-refractivity contribution is -0.384. The van der Waals surface area contributed by atoms with E-state index >= 15 is 0 Å². The van der Waals surface area contributed by atoms with Crippen molar-refractivity contribution in [1.82, 2.24) is 5.32 Å². The first-order valence-electron chi connectivity index (χ1n) is 8.71.